The van der Waals surface area contributed by atoms with E-state index in [1.165, 1.54) is 16.9 Å². The predicted molar refractivity (Wildman–Crippen MR) is 76.9 cm³/mol. The highest BCUT2D eigenvalue weighted by Crippen LogP contribution is 2.41. The van der Waals surface area contributed by atoms with Gasteiger partial charge in [-0.3, -0.25) is 4.79 Å². The Bertz CT molecular complexity index is 561. The van der Waals surface area contributed by atoms with Crippen molar-refractivity contribution in [1.82, 2.24) is 0 Å². The molecule has 100 valence electrons. The Labute approximate surface area is 121 Å². The number of alkyl halides is 1. The van der Waals surface area contributed by atoms with Crippen LogP contribution in [0.25, 0.3) is 0 Å². The highest BCUT2D eigenvalue weighted by Gasteiger charge is 2.34. The van der Waals surface area contributed by atoms with Gasteiger partial charge in [-0.1, -0.05) is 0 Å². The van der Waals surface area contributed by atoms with E-state index >= 15 is 0 Å². The Balaban J connectivity index is 1.99. The number of hydrogen-bond acceptors (Lipinski definition) is 3. The van der Waals surface area contributed by atoms with Gasteiger partial charge in [-0.25, -0.2) is 0 Å². The Morgan fingerprint density at radius 3 is 2.89 bits per heavy atom. The molecule has 3 nitrogen and oxygen atoms in total. The van der Waals surface area contributed by atoms with Gasteiger partial charge in [0.25, 0.3) is 0 Å². The van der Waals surface area contributed by atoms with Crippen LogP contribution < -0.4 is 4.90 Å². The predicted octanol–water partition coefficient (Wildman–Crippen LogP) is 3.09. The van der Waals surface area contributed by atoms with Crippen molar-refractivity contribution < 1.29 is 4.79 Å². The van der Waals surface area contributed by atoms with Gasteiger partial charge in [-0.15, -0.1) is 22.9 Å². The number of rotatable bonds is 2. The molecular weight excluding hydrogens is 280 g/mol. The fourth-order valence-corrected chi connectivity index (χ4v) is 4.51. The fourth-order valence-electron chi connectivity index (χ4n) is 2.94. The van der Waals surface area contributed by atoms with Crippen LogP contribution in [0.3, 0.4) is 0 Å². The standard InChI is InChI=1S/C14H15ClN2OS/c15-6-9-5-13(18)17(8-9)14-11(7-16)10-3-1-2-4-12(10)19-14/h9H,1-6,8H2. The largest absolute Gasteiger partial charge is 0.302 e. The lowest BCUT2D eigenvalue weighted by atomic mass is 9.96. The molecule has 0 saturated carbocycles. The van der Waals surface area contributed by atoms with Crippen molar-refractivity contribution in [3.05, 3.63) is 16.0 Å². The van der Waals surface area contributed by atoms with E-state index < -0.39 is 0 Å². The number of carbonyl (C=O) groups excluding carboxylic acids is 1. The summed E-state index contributed by atoms with van der Waals surface area (Å²) in [5.41, 5.74) is 1.93. The Morgan fingerprint density at radius 1 is 1.42 bits per heavy atom. The van der Waals surface area contributed by atoms with Crippen molar-refractivity contribution in [2.75, 3.05) is 17.3 Å². The van der Waals surface area contributed by atoms with Crippen LogP contribution in [0.2, 0.25) is 0 Å². The second kappa shape index (κ2) is 5.15. The second-order valence-electron chi connectivity index (χ2n) is 5.23. The fraction of sp³-hybridized carbons (Fsp3) is 0.571. The average Bonchev–Trinajstić information content (AvgIpc) is 2.98. The van der Waals surface area contributed by atoms with Crippen LogP contribution in [-0.2, 0) is 17.6 Å². The molecule has 2 heterocycles. The molecule has 1 atom stereocenters. The third-order valence-electron chi connectivity index (χ3n) is 3.93. The minimum absolute atomic E-state index is 0.112. The van der Waals surface area contributed by atoms with Crippen LogP contribution in [0.4, 0.5) is 5.00 Å². The average molecular weight is 295 g/mol. The zero-order valence-corrected chi connectivity index (χ0v) is 12.2. The number of carbonyl (C=O) groups is 1. The Hall–Kier alpha value is -1.05. The third-order valence-corrected chi connectivity index (χ3v) is 5.68. The maximum absolute atomic E-state index is 12.1. The van der Waals surface area contributed by atoms with E-state index in [0.717, 1.165) is 29.8 Å². The number of aryl methyl sites for hydroxylation is 1. The number of halogens is 1. The molecule has 1 aromatic heterocycles. The van der Waals surface area contributed by atoms with E-state index in [9.17, 15) is 10.1 Å². The molecule has 1 aliphatic carbocycles. The van der Waals surface area contributed by atoms with Crippen LogP contribution in [0.15, 0.2) is 0 Å². The molecule has 5 heteroatoms. The van der Waals surface area contributed by atoms with Gasteiger partial charge in [0.15, 0.2) is 0 Å². The molecule has 1 saturated heterocycles. The SMILES string of the molecule is N#Cc1c(N2CC(CCl)CC2=O)sc2c1CCCC2. The molecule has 0 bridgehead atoms. The Kier molecular flexibility index (Phi) is 3.51. The van der Waals surface area contributed by atoms with Crippen molar-refractivity contribution in [2.24, 2.45) is 5.92 Å². The molecule has 0 radical (unpaired) electrons. The Morgan fingerprint density at radius 2 is 2.21 bits per heavy atom. The van der Waals surface area contributed by atoms with Gasteiger partial charge in [0, 0.05) is 23.7 Å². The van der Waals surface area contributed by atoms with Crippen LogP contribution in [0.1, 0.15) is 35.3 Å². The summed E-state index contributed by atoms with van der Waals surface area (Å²) in [7, 11) is 0. The number of hydrogen-bond donors (Lipinski definition) is 0. The van der Waals surface area contributed by atoms with Crippen LogP contribution in [0.5, 0.6) is 0 Å². The van der Waals surface area contributed by atoms with E-state index in [0.29, 0.717) is 18.8 Å². The lowest BCUT2D eigenvalue weighted by Crippen LogP contribution is -2.24. The van der Waals surface area contributed by atoms with Gasteiger partial charge in [0.2, 0.25) is 5.91 Å². The molecule has 0 N–H and O–H groups in total. The van der Waals surface area contributed by atoms with Gasteiger partial charge in [-0.05, 0) is 37.2 Å². The van der Waals surface area contributed by atoms with E-state index in [1.54, 1.807) is 16.2 Å². The van der Waals surface area contributed by atoms with E-state index in [-0.39, 0.29) is 11.8 Å². The lowest BCUT2D eigenvalue weighted by molar-refractivity contribution is -0.117. The summed E-state index contributed by atoms with van der Waals surface area (Å²) >= 11 is 7.50. The highest BCUT2D eigenvalue weighted by atomic mass is 35.5. The lowest BCUT2D eigenvalue weighted by Gasteiger charge is -2.14. The maximum atomic E-state index is 12.1. The number of anilines is 1. The van der Waals surface area contributed by atoms with Gasteiger partial charge >= 0.3 is 0 Å². The summed E-state index contributed by atoms with van der Waals surface area (Å²) in [5.74, 6) is 0.843. The number of thiophene rings is 1. The minimum atomic E-state index is 0.112. The molecule has 1 aromatic rings. The first-order valence-electron chi connectivity index (χ1n) is 6.65. The van der Waals surface area contributed by atoms with Crippen molar-refractivity contribution in [3.8, 4) is 6.07 Å². The van der Waals surface area contributed by atoms with Crippen molar-refractivity contribution in [1.29, 1.82) is 5.26 Å². The third kappa shape index (κ3) is 2.15. The van der Waals surface area contributed by atoms with Gasteiger partial charge in [0.05, 0.1) is 5.56 Å². The zero-order chi connectivity index (χ0) is 13.4. The van der Waals surface area contributed by atoms with Crippen LogP contribution in [-0.4, -0.2) is 18.3 Å². The highest BCUT2D eigenvalue weighted by molar-refractivity contribution is 7.16. The number of nitrogens with zero attached hydrogens (tertiary/aromatic N) is 2. The molecule has 1 unspecified atom stereocenters. The van der Waals surface area contributed by atoms with E-state index in [4.69, 9.17) is 11.6 Å². The summed E-state index contributed by atoms with van der Waals surface area (Å²) in [5, 5.41) is 10.3. The summed E-state index contributed by atoms with van der Waals surface area (Å²) in [6.07, 6.45) is 4.88. The van der Waals surface area contributed by atoms with Crippen molar-refractivity contribution >= 4 is 33.8 Å². The van der Waals surface area contributed by atoms with Crippen molar-refractivity contribution in [2.45, 2.75) is 32.1 Å². The van der Waals surface area contributed by atoms with Gasteiger partial charge in [-0.2, -0.15) is 5.26 Å². The maximum Gasteiger partial charge on any atom is 0.228 e. The summed E-state index contributed by atoms with van der Waals surface area (Å²) < 4.78 is 0. The van der Waals surface area contributed by atoms with Gasteiger partial charge < -0.3 is 4.90 Å². The number of fused-ring (bicyclic) bond motifs is 1. The first-order valence-corrected chi connectivity index (χ1v) is 8.00. The monoisotopic (exact) mass is 294 g/mol. The smallest absolute Gasteiger partial charge is 0.228 e. The molecule has 0 aromatic carbocycles. The number of nitriles is 1. The molecule has 1 fully saturated rings. The molecule has 2 aliphatic rings. The zero-order valence-electron chi connectivity index (χ0n) is 10.6. The summed E-state index contributed by atoms with van der Waals surface area (Å²) in [6, 6.07) is 2.32. The van der Waals surface area contributed by atoms with Crippen LogP contribution in [0, 0.1) is 17.2 Å². The molecule has 19 heavy (non-hydrogen) atoms. The minimum Gasteiger partial charge on any atom is -0.302 e. The first kappa shape index (κ1) is 13.0. The van der Waals surface area contributed by atoms with Crippen LogP contribution >= 0.6 is 22.9 Å². The molecule has 0 spiro atoms. The molecule has 3 rings (SSSR count). The molecular formula is C14H15ClN2OS. The molecule has 1 aliphatic heterocycles. The summed E-state index contributed by atoms with van der Waals surface area (Å²) in [4.78, 5) is 15.2. The topological polar surface area (TPSA) is 44.1 Å². The van der Waals surface area contributed by atoms with E-state index in [2.05, 4.69) is 6.07 Å². The second-order valence-corrected chi connectivity index (χ2v) is 6.62. The van der Waals surface area contributed by atoms with Gasteiger partial charge in [0.1, 0.15) is 11.1 Å². The first-order chi connectivity index (χ1) is 9.24. The van der Waals surface area contributed by atoms with E-state index in [1.807, 2.05) is 0 Å². The molecule has 1 amide bonds. The quantitative estimate of drug-likeness (QED) is 0.787. The normalized spacial score (nSPS) is 22.4. The number of amides is 1. The van der Waals surface area contributed by atoms with Crippen molar-refractivity contribution in [3.63, 3.8) is 0 Å². The summed E-state index contributed by atoms with van der Waals surface area (Å²) in [6.45, 7) is 0.663.